The fourth-order valence-electron chi connectivity index (χ4n) is 1.64. The molecule has 0 bridgehead atoms. The van der Waals surface area contributed by atoms with E-state index in [-0.39, 0.29) is 56.3 Å². The number of rotatable bonds is 2. The van der Waals surface area contributed by atoms with E-state index >= 15 is 0 Å². The van der Waals surface area contributed by atoms with Crippen LogP contribution in [0, 0.1) is 0 Å². The van der Waals surface area contributed by atoms with Crippen molar-refractivity contribution in [2.24, 2.45) is 0 Å². The topological polar surface area (TPSA) is 66.4 Å². The van der Waals surface area contributed by atoms with Gasteiger partial charge in [0.15, 0.2) is 0 Å². The van der Waals surface area contributed by atoms with E-state index in [0.717, 1.165) is 0 Å². The second kappa shape index (κ2) is 5.79. The molecule has 4 nitrogen and oxygen atoms in total. The molecule has 0 aliphatic carbocycles. The van der Waals surface area contributed by atoms with Gasteiger partial charge in [-0.1, -0.05) is 24.3 Å². The van der Waals surface area contributed by atoms with Gasteiger partial charge in [-0.05, 0) is 12.1 Å². The molecule has 0 N–H and O–H groups in total. The summed E-state index contributed by atoms with van der Waals surface area (Å²) in [5.41, 5.74) is 0. The van der Waals surface area contributed by atoms with Crippen LogP contribution in [0.25, 0.3) is 10.8 Å². The van der Waals surface area contributed by atoms with Gasteiger partial charge >= 0.3 is 51.4 Å². The predicted octanol–water partition coefficient (Wildman–Crippen LogP) is -1.24. The molecule has 2 rings (SSSR count). The van der Waals surface area contributed by atoms with Crippen LogP contribution >= 0.6 is 0 Å². The quantitative estimate of drug-likeness (QED) is 0.508. The van der Waals surface area contributed by atoms with Gasteiger partial charge in [0, 0.05) is 10.8 Å². The van der Waals surface area contributed by atoms with Gasteiger partial charge in [0.05, 0.1) is 12.0 Å². The maximum absolute atomic E-state index is 11.1. The minimum Gasteiger partial charge on any atom is -0.744 e. The van der Waals surface area contributed by atoms with Gasteiger partial charge in [0.1, 0.15) is 15.9 Å². The summed E-state index contributed by atoms with van der Waals surface area (Å²) in [6, 6.07) is 9.48. The van der Waals surface area contributed by atoms with Gasteiger partial charge in [-0.3, -0.25) is 0 Å². The molecule has 0 saturated heterocycles. The third kappa shape index (κ3) is 3.08. The van der Waals surface area contributed by atoms with Crippen LogP contribution < -0.4 is 56.1 Å². The Morgan fingerprint density at radius 1 is 1.06 bits per heavy atom. The van der Waals surface area contributed by atoms with Crippen molar-refractivity contribution >= 4 is 20.9 Å². The molecule has 6 heteroatoms. The van der Waals surface area contributed by atoms with E-state index in [2.05, 4.69) is 0 Å². The normalized spacial score (nSPS) is 10.9. The first-order valence-electron chi connectivity index (χ1n) is 4.55. The van der Waals surface area contributed by atoms with Gasteiger partial charge in [0.25, 0.3) is 0 Å². The van der Waals surface area contributed by atoms with Crippen molar-refractivity contribution in [2.45, 2.75) is 4.90 Å². The average Bonchev–Trinajstić information content (AvgIpc) is 2.26. The Morgan fingerprint density at radius 3 is 2.18 bits per heavy atom. The number of hydrogen-bond acceptors (Lipinski definition) is 4. The van der Waals surface area contributed by atoms with Crippen LogP contribution in [0.2, 0.25) is 0 Å². The standard InChI is InChI=1S/C11H10O4S.K/c1-15-10-6-7-11(16(12,13)14)9-5-3-2-4-8(9)10;/h2-7H,1H3,(H,12,13,14);/q;+1/p-1. The SMILES string of the molecule is COc1ccc(S(=O)(=O)[O-])c2ccccc12.[K+]. The summed E-state index contributed by atoms with van der Waals surface area (Å²) in [5, 5.41) is 0.999. The second-order valence-corrected chi connectivity index (χ2v) is 4.61. The first kappa shape index (κ1) is 15.1. The zero-order valence-electron chi connectivity index (χ0n) is 9.51. The van der Waals surface area contributed by atoms with Gasteiger partial charge in [-0.2, -0.15) is 0 Å². The van der Waals surface area contributed by atoms with E-state index in [1.54, 1.807) is 24.3 Å². The van der Waals surface area contributed by atoms with Crippen molar-refractivity contribution in [1.29, 1.82) is 0 Å². The van der Waals surface area contributed by atoms with E-state index in [1.807, 2.05) is 0 Å². The molecule has 0 aliphatic rings. The Bertz CT molecular complexity index is 637. The summed E-state index contributed by atoms with van der Waals surface area (Å²) in [5.74, 6) is 0.544. The Labute approximate surface area is 142 Å². The molecule has 0 aliphatic heterocycles. The van der Waals surface area contributed by atoms with Gasteiger partial charge in [-0.25, -0.2) is 8.42 Å². The second-order valence-electron chi connectivity index (χ2n) is 3.27. The van der Waals surface area contributed by atoms with Crippen molar-refractivity contribution in [3.8, 4) is 5.75 Å². The predicted molar refractivity (Wildman–Crippen MR) is 58.5 cm³/mol. The van der Waals surface area contributed by atoms with Gasteiger partial charge in [-0.15, -0.1) is 0 Å². The summed E-state index contributed by atoms with van der Waals surface area (Å²) in [6.07, 6.45) is 0. The van der Waals surface area contributed by atoms with Crippen LogP contribution in [0.15, 0.2) is 41.3 Å². The molecular weight excluding hydrogens is 267 g/mol. The van der Waals surface area contributed by atoms with E-state index < -0.39 is 10.1 Å². The van der Waals surface area contributed by atoms with Gasteiger partial charge < -0.3 is 9.29 Å². The number of benzene rings is 2. The molecule has 0 fully saturated rings. The van der Waals surface area contributed by atoms with Crippen molar-refractivity contribution in [2.75, 3.05) is 7.11 Å². The van der Waals surface area contributed by atoms with Crippen LogP contribution in [0.1, 0.15) is 0 Å². The van der Waals surface area contributed by atoms with E-state index in [4.69, 9.17) is 4.74 Å². The fraction of sp³-hybridized carbons (Fsp3) is 0.0909. The minimum absolute atomic E-state index is 0. The van der Waals surface area contributed by atoms with E-state index in [9.17, 15) is 13.0 Å². The van der Waals surface area contributed by atoms with Crippen LogP contribution in [-0.4, -0.2) is 20.1 Å². The molecule has 17 heavy (non-hydrogen) atoms. The first-order chi connectivity index (χ1) is 7.54. The van der Waals surface area contributed by atoms with Crippen LogP contribution in [-0.2, 0) is 10.1 Å². The Hall–Kier alpha value is 0.0464. The number of methoxy groups -OCH3 is 1. The third-order valence-corrected chi connectivity index (χ3v) is 3.23. The summed E-state index contributed by atoms with van der Waals surface area (Å²) < 4.78 is 38.2. The molecule has 2 aromatic carbocycles. The molecule has 84 valence electrons. The number of ether oxygens (including phenoxy) is 1. The summed E-state index contributed by atoms with van der Waals surface area (Å²) in [7, 11) is -2.97. The Kier molecular flexibility index (Phi) is 5.15. The van der Waals surface area contributed by atoms with Crippen LogP contribution in [0.5, 0.6) is 5.75 Å². The Morgan fingerprint density at radius 2 is 1.65 bits per heavy atom. The molecular formula is C11H9KO4S. The molecule has 2 aromatic rings. The van der Waals surface area contributed by atoms with Crippen LogP contribution in [0.3, 0.4) is 0 Å². The minimum atomic E-state index is -4.46. The largest absolute Gasteiger partial charge is 1.00 e. The monoisotopic (exact) mass is 276 g/mol. The summed E-state index contributed by atoms with van der Waals surface area (Å²) in [4.78, 5) is -0.219. The molecule has 0 saturated carbocycles. The van der Waals surface area contributed by atoms with Gasteiger partial charge in [0.2, 0.25) is 0 Å². The maximum atomic E-state index is 11.1. The smallest absolute Gasteiger partial charge is 0.744 e. The third-order valence-electron chi connectivity index (χ3n) is 2.33. The molecule has 0 radical (unpaired) electrons. The number of fused-ring (bicyclic) bond motifs is 1. The van der Waals surface area contributed by atoms with Crippen molar-refractivity contribution in [1.82, 2.24) is 0 Å². The molecule has 0 amide bonds. The van der Waals surface area contributed by atoms with Crippen molar-refractivity contribution < 1.29 is 69.1 Å². The zero-order valence-corrected chi connectivity index (χ0v) is 13.4. The zero-order chi connectivity index (χ0) is 11.8. The Balaban J connectivity index is 0.00000144. The molecule has 0 heterocycles. The average molecular weight is 276 g/mol. The van der Waals surface area contributed by atoms with Crippen molar-refractivity contribution in [3.63, 3.8) is 0 Å². The van der Waals surface area contributed by atoms with E-state index in [1.165, 1.54) is 19.2 Å². The number of hydrogen-bond donors (Lipinski definition) is 0. The molecule has 0 atom stereocenters. The van der Waals surface area contributed by atoms with Crippen molar-refractivity contribution in [3.05, 3.63) is 36.4 Å². The van der Waals surface area contributed by atoms with Crippen LogP contribution in [0.4, 0.5) is 0 Å². The van der Waals surface area contributed by atoms with E-state index in [0.29, 0.717) is 16.5 Å². The molecule has 0 unspecified atom stereocenters. The molecule has 0 aromatic heterocycles. The first-order valence-corrected chi connectivity index (χ1v) is 5.96. The molecule has 0 spiro atoms. The summed E-state index contributed by atoms with van der Waals surface area (Å²) >= 11 is 0. The summed E-state index contributed by atoms with van der Waals surface area (Å²) in [6.45, 7) is 0. The maximum Gasteiger partial charge on any atom is 1.00 e. The fourth-order valence-corrected chi connectivity index (χ4v) is 2.32.